The summed E-state index contributed by atoms with van der Waals surface area (Å²) in [6.45, 7) is 11.2. The second-order valence-corrected chi connectivity index (χ2v) is 19.4. The van der Waals surface area contributed by atoms with E-state index in [-0.39, 0.29) is 66.2 Å². The van der Waals surface area contributed by atoms with E-state index >= 15 is 0 Å². The van der Waals surface area contributed by atoms with Crippen LogP contribution in [0.1, 0.15) is 111 Å². The fourth-order valence-corrected chi connectivity index (χ4v) is 11.0. The number of hydrogen-bond donors (Lipinski definition) is 3. The molecule has 0 radical (unpaired) electrons. The first-order chi connectivity index (χ1) is 31.5. The lowest BCUT2D eigenvalue weighted by atomic mass is 9.89. The van der Waals surface area contributed by atoms with Crippen molar-refractivity contribution < 1.29 is 48.1 Å². The lowest BCUT2D eigenvalue weighted by Gasteiger charge is -2.41. The standard InChI is InChI=1S/C50H76N6O10/c1-9-32(4)44(39(65-7)30-42(59)55-27-17-20-38(55)46(66-8)33(5)47(60)51-37(50(63)64)28-34-18-13-12-14-19-34)53(6)49(62)43(31(2)3)52-48(61)45-35-21-22-36(29-35)54(45)25-15-10-11-16-26-56-40(57)23-24-41(56)58/h12-14,18-19,23-24,31-33,35-39,43-46H,9-11,15-17,20-22,25-30H2,1-8H3,(H,51,60)(H,52,61)(H,63,64)/t32-,33+,35-,36-,37-,38-,39+,43-,44-,45-,46+/m0/s1. The number of nitrogens with one attached hydrogen (secondary N) is 2. The molecule has 1 aliphatic carbocycles. The van der Waals surface area contributed by atoms with E-state index in [4.69, 9.17) is 9.47 Å². The highest BCUT2D eigenvalue weighted by Gasteiger charge is 2.50. The number of benzene rings is 1. The predicted molar refractivity (Wildman–Crippen MR) is 249 cm³/mol. The van der Waals surface area contributed by atoms with Gasteiger partial charge in [-0.15, -0.1) is 0 Å². The Labute approximate surface area is 391 Å². The number of rotatable bonds is 26. The number of aliphatic carboxylic acids is 1. The number of likely N-dealkylation sites (N-methyl/N-ethyl adjacent to an activating group) is 1. The Bertz CT molecular complexity index is 1860. The van der Waals surface area contributed by atoms with Crippen LogP contribution in [0.15, 0.2) is 42.5 Å². The van der Waals surface area contributed by atoms with Gasteiger partial charge >= 0.3 is 5.97 Å². The van der Waals surface area contributed by atoms with Gasteiger partial charge in [0.05, 0.1) is 42.7 Å². The fraction of sp³-hybridized carbons (Fsp3) is 0.700. The number of nitrogens with zero attached hydrogens (tertiary/aromatic N) is 4. The normalized spacial score (nSPS) is 23.7. The molecular formula is C50H76N6O10. The highest BCUT2D eigenvalue weighted by Crippen LogP contribution is 2.43. The van der Waals surface area contributed by atoms with E-state index in [9.17, 15) is 38.7 Å². The van der Waals surface area contributed by atoms with Crippen LogP contribution in [0.5, 0.6) is 0 Å². The molecular weight excluding hydrogens is 845 g/mol. The lowest BCUT2D eigenvalue weighted by Crippen LogP contribution is -2.60. The van der Waals surface area contributed by atoms with Crippen molar-refractivity contribution in [2.75, 3.05) is 40.9 Å². The highest BCUT2D eigenvalue weighted by molar-refractivity contribution is 6.12. The zero-order valence-electron chi connectivity index (χ0n) is 40.5. The van der Waals surface area contributed by atoms with Crippen LogP contribution in [-0.2, 0) is 49.5 Å². The summed E-state index contributed by atoms with van der Waals surface area (Å²) >= 11 is 0. The average molecular weight is 921 g/mol. The number of carboxylic acid groups (broad SMARTS) is 1. The zero-order valence-corrected chi connectivity index (χ0v) is 40.5. The maximum atomic E-state index is 14.7. The van der Waals surface area contributed by atoms with Gasteiger partial charge in [-0.1, -0.05) is 84.2 Å². The van der Waals surface area contributed by atoms with Gasteiger partial charge in [0, 0.05) is 59.0 Å². The maximum absolute atomic E-state index is 14.7. The van der Waals surface area contributed by atoms with Gasteiger partial charge in [-0.05, 0) is 74.8 Å². The summed E-state index contributed by atoms with van der Waals surface area (Å²) in [5.41, 5.74) is 0.778. The molecule has 5 rings (SSSR count). The van der Waals surface area contributed by atoms with Gasteiger partial charge in [0.1, 0.15) is 12.1 Å². The van der Waals surface area contributed by atoms with Gasteiger partial charge in [-0.2, -0.15) is 0 Å². The topological polar surface area (TPSA) is 195 Å². The molecule has 3 fully saturated rings. The number of methoxy groups -OCH3 is 2. The Morgan fingerprint density at radius 3 is 2.15 bits per heavy atom. The van der Waals surface area contributed by atoms with Crippen LogP contribution in [-0.4, -0.2) is 155 Å². The molecule has 4 aliphatic rings. The third-order valence-corrected chi connectivity index (χ3v) is 14.8. The Kier molecular flexibility index (Phi) is 19.3. The minimum atomic E-state index is -1.15. The molecule has 16 heteroatoms. The van der Waals surface area contributed by atoms with E-state index in [1.165, 1.54) is 24.2 Å². The first-order valence-corrected chi connectivity index (χ1v) is 24.3. The van der Waals surface area contributed by atoms with Crippen LogP contribution in [0, 0.1) is 23.7 Å². The van der Waals surface area contributed by atoms with Crippen molar-refractivity contribution in [3.63, 3.8) is 0 Å². The lowest BCUT2D eigenvalue weighted by molar-refractivity contribution is -0.148. The first kappa shape index (κ1) is 52.3. The fourth-order valence-electron chi connectivity index (χ4n) is 11.0. The molecule has 0 aromatic heterocycles. The molecule has 1 saturated carbocycles. The Morgan fingerprint density at radius 1 is 0.879 bits per heavy atom. The van der Waals surface area contributed by atoms with Crippen molar-refractivity contribution in [2.24, 2.45) is 23.7 Å². The summed E-state index contributed by atoms with van der Waals surface area (Å²) < 4.78 is 12.0. The molecule has 1 aromatic carbocycles. The van der Waals surface area contributed by atoms with Crippen LogP contribution in [0.4, 0.5) is 0 Å². The molecule has 3 heterocycles. The monoisotopic (exact) mass is 921 g/mol. The second-order valence-electron chi connectivity index (χ2n) is 19.4. The van der Waals surface area contributed by atoms with Gasteiger partial charge in [0.25, 0.3) is 11.8 Å². The SMILES string of the molecule is CC[C@H](C)[C@@H]([C@@H](CC(=O)N1CCC[C@H]1[C@H](OC)[C@@H](C)C(=O)N[C@@H](Cc1ccccc1)C(=O)O)OC)N(C)C(=O)[C@@H](NC(=O)[C@@H]1[C@H]2CC[C@@H](C2)N1CCCCCCN1C(=O)C=CC1=O)C(C)C. The van der Waals surface area contributed by atoms with Crippen molar-refractivity contribution in [1.29, 1.82) is 0 Å². The number of carboxylic acids is 1. The van der Waals surface area contributed by atoms with Crippen molar-refractivity contribution >= 4 is 41.4 Å². The van der Waals surface area contributed by atoms with Gasteiger partial charge in [0.15, 0.2) is 0 Å². The van der Waals surface area contributed by atoms with Gasteiger partial charge in [-0.3, -0.25) is 38.6 Å². The molecule has 6 amide bonds. The van der Waals surface area contributed by atoms with Gasteiger partial charge < -0.3 is 35.0 Å². The second kappa shape index (κ2) is 24.4. The van der Waals surface area contributed by atoms with Crippen molar-refractivity contribution in [1.82, 2.24) is 30.2 Å². The predicted octanol–water partition coefficient (Wildman–Crippen LogP) is 4.20. The van der Waals surface area contributed by atoms with E-state index in [2.05, 4.69) is 15.5 Å². The van der Waals surface area contributed by atoms with Crippen LogP contribution in [0.25, 0.3) is 0 Å². The maximum Gasteiger partial charge on any atom is 0.326 e. The molecule has 1 aromatic rings. The minimum Gasteiger partial charge on any atom is -0.480 e. The van der Waals surface area contributed by atoms with Crippen molar-refractivity contribution in [3.8, 4) is 0 Å². The molecule has 366 valence electrons. The number of piperidine rings is 1. The quantitative estimate of drug-likeness (QED) is 0.0891. The van der Waals surface area contributed by atoms with Crippen LogP contribution < -0.4 is 10.6 Å². The number of carbonyl (C=O) groups excluding carboxylic acids is 6. The third-order valence-electron chi connectivity index (χ3n) is 14.8. The van der Waals surface area contributed by atoms with E-state index < -0.39 is 54.2 Å². The molecule has 2 bridgehead atoms. The first-order valence-electron chi connectivity index (χ1n) is 24.3. The number of fused-ring (bicyclic) bond motifs is 2. The molecule has 3 aliphatic heterocycles. The molecule has 0 spiro atoms. The highest BCUT2D eigenvalue weighted by atomic mass is 16.5. The number of hydrogen-bond acceptors (Lipinski definition) is 10. The smallest absolute Gasteiger partial charge is 0.326 e. The number of carbonyl (C=O) groups is 7. The Hall–Kier alpha value is -4.67. The summed E-state index contributed by atoms with van der Waals surface area (Å²) in [7, 11) is 4.78. The number of ether oxygens (including phenoxy) is 2. The summed E-state index contributed by atoms with van der Waals surface area (Å²) in [4.78, 5) is 99.9. The van der Waals surface area contributed by atoms with Crippen LogP contribution >= 0.6 is 0 Å². The minimum absolute atomic E-state index is 0.0285. The zero-order chi connectivity index (χ0) is 48.2. The molecule has 16 nitrogen and oxygen atoms in total. The van der Waals surface area contributed by atoms with E-state index in [1.54, 1.807) is 30.9 Å². The molecule has 0 unspecified atom stereocenters. The molecule has 66 heavy (non-hydrogen) atoms. The summed E-state index contributed by atoms with van der Waals surface area (Å²) in [5.74, 6) is -3.56. The number of amides is 6. The molecule has 2 saturated heterocycles. The van der Waals surface area contributed by atoms with Gasteiger partial charge in [0.2, 0.25) is 23.6 Å². The Balaban J connectivity index is 1.21. The number of imide groups is 1. The van der Waals surface area contributed by atoms with E-state index in [1.807, 2.05) is 58.0 Å². The molecule has 11 atom stereocenters. The van der Waals surface area contributed by atoms with Crippen molar-refractivity contribution in [2.45, 2.75) is 160 Å². The summed E-state index contributed by atoms with van der Waals surface area (Å²) in [5, 5.41) is 15.8. The molecule has 3 N–H and O–H groups in total. The van der Waals surface area contributed by atoms with Gasteiger partial charge in [-0.25, -0.2) is 4.79 Å². The van der Waals surface area contributed by atoms with Crippen LogP contribution in [0.3, 0.4) is 0 Å². The van der Waals surface area contributed by atoms with Crippen molar-refractivity contribution in [3.05, 3.63) is 48.0 Å². The van der Waals surface area contributed by atoms with E-state index in [0.29, 0.717) is 38.4 Å². The average Bonchev–Trinajstić information content (AvgIpc) is 4.12. The summed E-state index contributed by atoms with van der Waals surface area (Å²) in [6.07, 6.45) is 9.69. The number of likely N-dealkylation sites (tertiary alicyclic amines) is 2. The van der Waals surface area contributed by atoms with Crippen LogP contribution in [0.2, 0.25) is 0 Å². The summed E-state index contributed by atoms with van der Waals surface area (Å²) in [6, 6.07) is 6.20. The number of unbranched alkanes of at least 4 members (excludes halogenated alkanes) is 3. The largest absolute Gasteiger partial charge is 0.480 e. The third kappa shape index (κ3) is 12.6. The Morgan fingerprint density at radius 2 is 1.55 bits per heavy atom. The van der Waals surface area contributed by atoms with E-state index in [0.717, 1.165) is 57.1 Å².